The molecule has 3 nitrogen and oxygen atoms in total. The van der Waals surface area contributed by atoms with Crippen LogP contribution in [0.4, 0.5) is 8.78 Å². The molecule has 0 amide bonds. The molecule has 106 valence electrons. The molecule has 0 atom stereocenters. The number of aromatic nitrogens is 1. The number of rotatable bonds is 3. The van der Waals surface area contributed by atoms with Crippen molar-refractivity contribution in [3.8, 4) is 5.75 Å². The van der Waals surface area contributed by atoms with Gasteiger partial charge in [-0.05, 0) is 12.8 Å². The molecule has 2 rings (SSSR count). The highest BCUT2D eigenvalue weighted by Gasteiger charge is 2.41. The number of nitrogens with zero attached hydrogens (tertiary/aromatic N) is 1. The molecule has 0 N–H and O–H groups in total. The second kappa shape index (κ2) is 5.23. The Morgan fingerprint density at radius 1 is 1.37 bits per heavy atom. The van der Waals surface area contributed by atoms with E-state index in [0.717, 1.165) is 0 Å². The van der Waals surface area contributed by atoms with E-state index >= 15 is 0 Å². The quantitative estimate of drug-likeness (QED) is 0.480. The number of hydrogen-bond acceptors (Lipinski definition) is 2. The van der Waals surface area contributed by atoms with Crippen molar-refractivity contribution in [3.63, 3.8) is 0 Å². The topological polar surface area (TPSA) is 36.2 Å². The maximum absolute atomic E-state index is 13.1. The molecule has 0 saturated heterocycles. The standard InChI is InChI=1S/C13H16BrF2NO2/c1-12(3-5-13(15,16)6-4-12)9-19-10-2-7-17(18)11(14)8-10/h2,7-8H,3-6,9H2,1H3. The lowest BCUT2D eigenvalue weighted by Gasteiger charge is -2.36. The summed E-state index contributed by atoms with van der Waals surface area (Å²) in [5, 5.41) is 11.1. The Labute approximate surface area is 119 Å². The van der Waals surface area contributed by atoms with Crippen molar-refractivity contribution in [1.29, 1.82) is 0 Å². The summed E-state index contributed by atoms with van der Waals surface area (Å²) in [7, 11) is 0. The van der Waals surface area contributed by atoms with Crippen LogP contribution < -0.4 is 9.47 Å². The van der Waals surface area contributed by atoms with E-state index in [0.29, 0.717) is 34.5 Å². The summed E-state index contributed by atoms with van der Waals surface area (Å²) in [6.45, 7) is 2.35. The van der Waals surface area contributed by atoms with Crippen LogP contribution in [0.25, 0.3) is 0 Å². The molecule has 0 spiro atoms. The van der Waals surface area contributed by atoms with Crippen LogP contribution in [-0.4, -0.2) is 12.5 Å². The van der Waals surface area contributed by atoms with E-state index in [1.54, 1.807) is 12.1 Å². The lowest BCUT2D eigenvalue weighted by atomic mass is 9.75. The number of halogens is 3. The smallest absolute Gasteiger partial charge is 0.262 e. The second-order valence-corrected chi connectivity index (χ2v) is 6.28. The van der Waals surface area contributed by atoms with Gasteiger partial charge >= 0.3 is 0 Å². The molecule has 0 unspecified atom stereocenters. The third-order valence-electron chi connectivity index (χ3n) is 3.62. The van der Waals surface area contributed by atoms with E-state index in [4.69, 9.17) is 4.74 Å². The highest BCUT2D eigenvalue weighted by atomic mass is 79.9. The minimum absolute atomic E-state index is 0.0775. The number of pyridine rings is 1. The first-order valence-electron chi connectivity index (χ1n) is 6.19. The van der Waals surface area contributed by atoms with E-state index in [9.17, 15) is 14.0 Å². The summed E-state index contributed by atoms with van der Waals surface area (Å²) in [6, 6.07) is 3.15. The Bertz CT molecular complexity index is 458. The molecule has 1 fully saturated rings. The van der Waals surface area contributed by atoms with Crippen molar-refractivity contribution in [2.45, 2.75) is 38.5 Å². The van der Waals surface area contributed by atoms with Gasteiger partial charge in [0.1, 0.15) is 5.75 Å². The van der Waals surface area contributed by atoms with E-state index < -0.39 is 5.92 Å². The first-order valence-corrected chi connectivity index (χ1v) is 6.98. The maximum Gasteiger partial charge on any atom is 0.262 e. The lowest BCUT2D eigenvalue weighted by Crippen LogP contribution is -2.35. The molecule has 1 heterocycles. The van der Waals surface area contributed by atoms with Gasteiger partial charge in [0.05, 0.1) is 12.7 Å². The first-order chi connectivity index (χ1) is 8.80. The fourth-order valence-electron chi connectivity index (χ4n) is 2.15. The molecular formula is C13H16BrF2NO2. The van der Waals surface area contributed by atoms with Crippen LogP contribution in [0.1, 0.15) is 32.6 Å². The van der Waals surface area contributed by atoms with Crippen LogP contribution >= 0.6 is 15.9 Å². The van der Waals surface area contributed by atoms with Gasteiger partial charge in [-0.15, -0.1) is 0 Å². The van der Waals surface area contributed by atoms with E-state index in [1.165, 1.54) is 6.20 Å². The van der Waals surface area contributed by atoms with Gasteiger partial charge in [-0.2, -0.15) is 4.73 Å². The molecule has 0 bridgehead atoms. The summed E-state index contributed by atoms with van der Waals surface area (Å²) in [5.41, 5.74) is -0.225. The summed E-state index contributed by atoms with van der Waals surface area (Å²) in [5.74, 6) is -1.96. The monoisotopic (exact) mass is 335 g/mol. The van der Waals surface area contributed by atoms with Gasteiger partial charge in [0.15, 0.2) is 6.20 Å². The van der Waals surface area contributed by atoms with Crippen LogP contribution in [0.3, 0.4) is 0 Å². The number of alkyl halides is 2. The predicted molar refractivity (Wildman–Crippen MR) is 70.1 cm³/mol. The molecule has 1 aliphatic rings. The number of ether oxygens (including phenoxy) is 1. The van der Waals surface area contributed by atoms with Crippen LogP contribution in [0, 0.1) is 10.6 Å². The van der Waals surface area contributed by atoms with Gasteiger partial charge < -0.3 is 9.94 Å². The zero-order valence-corrected chi connectivity index (χ0v) is 12.3. The third-order valence-corrected chi connectivity index (χ3v) is 4.20. The molecule has 1 aliphatic carbocycles. The molecule has 0 aromatic carbocycles. The van der Waals surface area contributed by atoms with E-state index in [2.05, 4.69) is 15.9 Å². The van der Waals surface area contributed by atoms with Crippen molar-refractivity contribution in [1.82, 2.24) is 0 Å². The second-order valence-electron chi connectivity index (χ2n) is 5.47. The Hall–Kier alpha value is -0.910. The highest BCUT2D eigenvalue weighted by Crippen LogP contribution is 2.43. The van der Waals surface area contributed by atoms with Crippen molar-refractivity contribution < 1.29 is 18.2 Å². The number of hydrogen-bond donors (Lipinski definition) is 0. The Morgan fingerprint density at radius 2 is 2.00 bits per heavy atom. The highest BCUT2D eigenvalue weighted by molar-refractivity contribution is 9.10. The zero-order chi connectivity index (χ0) is 14.1. The molecule has 1 aromatic rings. The molecule has 0 radical (unpaired) electrons. The minimum atomic E-state index is -2.52. The van der Waals surface area contributed by atoms with Gasteiger partial charge in [-0.3, -0.25) is 0 Å². The van der Waals surface area contributed by atoms with Gasteiger partial charge in [0.2, 0.25) is 5.92 Å². The Kier molecular flexibility index (Phi) is 3.99. The maximum atomic E-state index is 13.1. The summed E-state index contributed by atoms with van der Waals surface area (Å²) < 4.78 is 32.9. The average molecular weight is 336 g/mol. The van der Waals surface area contributed by atoms with Gasteiger partial charge in [-0.25, -0.2) is 8.78 Å². The third kappa shape index (κ3) is 3.78. The first kappa shape index (κ1) is 14.5. The SMILES string of the molecule is CC1(COc2cc[n+]([O-])c(Br)c2)CCC(F)(F)CC1. The van der Waals surface area contributed by atoms with Gasteiger partial charge in [-0.1, -0.05) is 6.92 Å². The fourth-order valence-corrected chi connectivity index (χ4v) is 2.50. The van der Waals surface area contributed by atoms with Gasteiger partial charge in [0, 0.05) is 40.3 Å². The Balaban J connectivity index is 1.93. The molecular weight excluding hydrogens is 320 g/mol. The van der Waals surface area contributed by atoms with Crippen LogP contribution in [0.5, 0.6) is 5.75 Å². The van der Waals surface area contributed by atoms with Crippen molar-refractivity contribution in [2.24, 2.45) is 5.41 Å². The van der Waals surface area contributed by atoms with Crippen molar-refractivity contribution in [3.05, 3.63) is 28.1 Å². The zero-order valence-electron chi connectivity index (χ0n) is 10.7. The van der Waals surface area contributed by atoms with E-state index in [1.807, 2.05) is 6.92 Å². The predicted octanol–water partition coefficient (Wildman–Crippen LogP) is 3.68. The van der Waals surface area contributed by atoms with Crippen LogP contribution in [-0.2, 0) is 0 Å². The largest absolute Gasteiger partial charge is 0.618 e. The van der Waals surface area contributed by atoms with Crippen LogP contribution in [0.2, 0.25) is 0 Å². The van der Waals surface area contributed by atoms with Crippen molar-refractivity contribution >= 4 is 15.9 Å². The molecule has 19 heavy (non-hydrogen) atoms. The lowest BCUT2D eigenvalue weighted by molar-refractivity contribution is -0.617. The molecule has 1 saturated carbocycles. The summed E-state index contributed by atoms with van der Waals surface area (Å²) in [6.07, 6.45) is 2.10. The molecule has 0 aliphatic heterocycles. The van der Waals surface area contributed by atoms with Gasteiger partial charge in [0.25, 0.3) is 4.60 Å². The molecule has 1 aromatic heterocycles. The van der Waals surface area contributed by atoms with Crippen LogP contribution in [0.15, 0.2) is 22.9 Å². The fraction of sp³-hybridized carbons (Fsp3) is 0.615. The Morgan fingerprint density at radius 3 is 2.58 bits per heavy atom. The van der Waals surface area contributed by atoms with Crippen molar-refractivity contribution in [2.75, 3.05) is 6.61 Å². The normalized spacial score (nSPS) is 21.1. The summed E-state index contributed by atoms with van der Waals surface area (Å²) in [4.78, 5) is 0. The average Bonchev–Trinajstić information content (AvgIpc) is 2.36. The van der Waals surface area contributed by atoms with E-state index in [-0.39, 0.29) is 18.3 Å². The molecule has 6 heteroatoms. The minimum Gasteiger partial charge on any atom is -0.618 e. The summed E-state index contributed by atoms with van der Waals surface area (Å²) >= 11 is 3.11.